The van der Waals surface area contributed by atoms with Crippen LogP contribution in [-0.4, -0.2) is 54.0 Å². The van der Waals surface area contributed by atoms with Gasteiger partial charge >= 0.3 is 0 Å². The first-order valence-electron chi connectivity index (χ1n) is 7.95. The Bertz CT molecular complexity index is 346. The Balaban J connectivity index is 1.68. The second-order valence-electron chi connectivity index (χ2n) is 6.66. The van der Waals surface area contributed by atoms with E-state index >= 15 is 0 Å². The molecule has 3 fully saturated rings. The number of carbonyl (C=O) groups is 1. The number of carbonyl (C=O) groups excluding carboxylic acids is 1. The number of piperazine rings is 1. The van der Waals surface area contributed by atoms with Crippen LogP contribution in [0.3, 0.4) is 0 Å². The Morgan fingerprint density at radius 3 is 2.84 bits per heavy atom. The minimum Gasteiger partial charge on any atom is -0.337 e. The molecule has 2 N–H and O–H groups in total. The molecule has 0 aromatic rings. The van der Waals surface area contributed by atoms with E-state index in [0.717, 1.165) is 25.9 Å². The molecule has 19 heavy (non-hydrogen) atoms. The third-order valence-electron chi connectivity index (χ3n) is 5.50. The van der Waals surface area contributed by atoms with Gasteiger partial charge in [-0.15, -0.1) is 0 Å². The summed E-state index contributed by atoms with van der Waals surface area (Å²) in [6, 6.07) is 0.999. The zero-order valence-corrected chi connectivity index (χ0v) is 12.1. The van der Waals surface area contributed by atoms with Crippen LogP contribution in [0.4, 0.5) is 0 Å². The number of fused-ring (bicyclic) bond motifs is 1. The second kappa shape index (κ2) is 5.41. The van der Waals surface area contributed by atoms with E-state index in [1.165, 1.54) is 25.8 Å². The molecule has 4 heteroatoms. The number of rotatable bonds is 2. The van der Waals surface area contributed by atoms with Crippen molar-refractivity contribution in [3.63, 3.8) is 0 Å². The zero-order valence-electron chi connectivity index (χ0n) is 12.1. The monoisotopic (exact) mass is 265 g/mol. The van der Waals surface area contributed by atoms with Crippen LogP contribution in [-0.2, 0) is 4.79 Å². The molecule has 2 heterocycles. The highest BCUT2D eigenvalue weighted by Crippen LogP contribution is 2.34. The van der Waals surface area contributed by atoms with E-state index in [1.807, 2.05) is 0 Å². The summed E-state index contributed by atoms with van der Waals surface area (Å²) < 4.78 is 0. The summed E-state index contributed by atoms with van der Waals surface area (Å²) in [6.07, 6.45) is 5.94. The first-order chi connectivity index (χ1) is 9.20. The van der Waals surface area contributed by atoms with Crippen LogP contribution in [0.15, 0.2) is 0 Å². The quantitative estimate of drug-likeness (QED) is 0.812. The Morgan fingerprint density at radius 2 is 2.05 bits per heavy atom. The molecule has 1 saturated carbocycles. The Kier molecular flexibility index (Phi) is 3.81. The van der Waals surface area contributed by atoms with Gasteiger partial charge in [0.05, 0.1) is 0 Å². The van der Waals surface area contributed by atoms with Gasteiger partial charge in [0.15, 0.2) is 0 Å². The van der Waals surface area contributed by atoms with Crippen molar-refractivity contribution >= 4 is 5.91 Å². The maximum absolute atomic E-state index is 12.8. The molecule has 0 spiro atoms. The molecule has 3 rings (SSSR count). The highest BCUT2D eigenvalue weighted by molar-refractivity contribution is 5.80. The summed E-state index contributed by atoms with van der Waals surface area (Å²) in [5, 5.41) is 0. The minimum absolute atomic E-state index is 0.209. The average molecular weight is 265 g/mol. The number of hydrogen-bond donors (Lipinski definition) is 1. The number of amides is 1. The molecule has 1 aliphatic carbocycles. The highest BCUT2D eigenvalue weighted by atomic mass is 16.2. The van der Waals surface area contributed by atoms with Crippen LogP contribution in [0.2, 0.25) is 0 Å². The fraction of sp³-hybridized carbons (Fsp3) is 0.933. The standard InChI is InChI=1S/C15H27N3O/c1-11-9-17-7-3-5-13(17)10-18(11)15(19)14-6-2-4-12(14)8-16/h11-14H,2-10,16H2,1H3/t11?,12-,13?,14-/m1/s1. The molecule has 0 aromatic carbocycles. The van der Waals surface area contributed by atoms with Crippen molar-refractivity contribution in [3.8, 4) is 0 Å². The zero-order chi connectivity index (χ0) is 13.4. The van der Waals surface area contributed by atoms with Gasteiger partial charge in [-0.2, -0.15) is 0 Å². The Hall–Kier alpha value is -0.610. The number of hydrogen-bond acceptors (Lipinski definition) is 3. The van der Waals surface area contributed by atoms with Gasteiger partial charge in [0, 0.05) is 31.1 Å². The molecular weight excluding hydrogens is 238 g/mol. The van der Waals surface area contributed by atoms with Gasteiger partial charge in [-0.1, -0.05) is 6.42 Å². The van der Waals surface area contributed by atoms with E-state index in [9.17, 15) is 4.79 Å². The van der Waals surface area contributed by atoms with Crippen LogP contribution in [0.1, 0.15) is 39.0 Å². The Morgan fingerprint density at radius 1 is 1.21 bits per heavy atom. The van der Waals surface area contributed by atoms with Crippen molar-refractivity contribution < 1.29 is 4.79 Å². The SMILES string of the molecule is CC1CN2CCCC2CN1C(=O)[C@@H]1CCC[C@@H]1CN. The summed E-state index contributed by atoms with van der Waals surface area (Å²) in [7, 11) is 0. The van der Waals surface area contributed by atoms with Gasteiger partial charge in [0.25, 0.3) is 0 Å². The van der Waals surface area contributed by atoms with Crippen molar-refractivity contribution in [1.29, 1.82) is 0 Å². The number of nitrogens with zero attached hydrogens (tertiary/aromatic N) is 2. The molecule has 4 nitrogen and oxygen atoms in total. The van der Waals surface area contributed by atoms with Crippen LogP contribution >= 0.6 is 0 Å². The molecule has 2 unspecified atom stereocenters. The third-order valence-corrected chi connectivity index (χ3v) is 5.50. The van der Waals surface area contributed by atoms with Gasteiger partial charge in [0.1, 0.15) is 0 Å². The lowest BCUT2D eigenvalue weighted by Gasteiger charge is -2.43. The van der Waals surface area contributed by atoms with E-state index in [-0.39, 0.29) is 5.92 Å². The van der Waals surface area contributed by atoms with Crippen molar-refractivity contribution in [3.05, 3.63) is 0 Å². The summed E-state index contributed by atoms with van der Waals surface area (Å²) in [5.41, 5.74) is 5.83. The maximum atomic E-state index is 12.8. The fourth-order valence-electron chi connectivity index (χ4n) is 4.35. The summed E-state index contributed by atoms with van der Waals surface area (Å²) in [6.45, 7) is 6.13. The normalized spacial score (nSPS) is 39.6. The van der Waals surface area contributed by atoms with Crippen LogP contribution in [0, 0.1) is 11.8 Å². The van der Waals surface area contributed by atoms with E-state index in [0.29, 0.717) is 30.5 Å². The van der Waals surface area contributed by atoms with Crippen molar-refractivity contribution in [2.45, 2.75) is 51.1 Å². The first-order valence-corrected chi connectivity index (χ1v) is 7.95. The van der Waals surface area contributed by atoms with Gasteiger partial charge in [0.2, 0.25) is 5.91 Å². The van der Waals surface area contributed by atoms with E-state index in [4.69, 9.17) is 5.73 Å². The lowest BCUT2D eigenvalue weighted by Crippen LogP contribution is -2.58. The van der Waals surface area contributed by atoms with Crippen molar-refractivity contribution in [1.82, 2.24) is 9.80 Å². The molecule has 0 bridgehead atoms. The summed E-state index contributed by atoms with van der Waals surface area (Å²) >= 11 is 0. The van der Waals surface area contributed by atoms with Gasteiger partial charge in [-0.3, -0.25) is 9.69 Å². The Labute approximate surface area is 116 Å². The molecule has 0 radical (unpaired) electrons. The molecule has 0 aromatic heterocycles. The lowest BCUT2D eigenvalue weighted by molar-refractivity contribution is -0.142. The molecular formula is C15H27N3O. The fourth-order valence-corrected chi connectivity index (χ4v) is 4.35. The van der Waals surface area contributed by atoms with Crippen LogP contribution in [0.5, 0.6) is 0 Å². The summed E-state index contributed by atoms with van der Waals surface area (Å²) in [4.78, 5) is 17.6. The van der Waals surface area contributed by atoms with Gasteiger partial charge < -0.3 is 10.6 Å². The first kappa shape index (κ1) is 13.4. The van der Waals surface area contributed by atoms with Gasteiger partial charge in [-0.05, 0) is 51.6 Å². The van der Waals surface area contributed by atoms with Gasteiger partial charge in [-0.25, -0.2) is 0 Å². The largest absolute Gasteiger partial charge is 0.337 e. The molecule has 108 valence electrons. The predicted octanol–water partition coefficient (Wildman–Crippen LogP) is 1.06. The van der Waals surface area contributed by atoms with Crippen molar-refractivity contribution in [2.75, 3.05) is 26.2 Å². The molecule has 4 atom stereocenters. The number of nitrogens with two attached hydrogens (primary N) is 1. The topological polar surface area (TPSA) is 49.6 Å². The van der Waals surface area contributed by atoms with E-state index in [2.05, 4.69) is 16.7 Å². The minimum atomic E-state index is 0.209. The third kappa shape index (κ3) is 2.40. The molecule has 3 aliphatic rings. The predicted molar refractivity (Wildman–Crippen MR) is 75.7 cm³/mol. The average Bonchev–Trinajstić information content (AvgIpc) is 3.04. The maximum Gasteiger partial charge on any atom is 0.226 e. The molecule has 1 amide bonds. The highest BCUT2D eigenvalue weighted by Gasteiger charge is 2.41. The van der Waals surface area contributed by atoms with E-state index in [1.54, 1.807) is 0 Å². The van der Waals surface area contributed by atoms with E-state index < -0.39 is 0 Å². The smallest absolute Gasteiger partial charge is 0.226 e. The van der Waals surface area contributed by atoms with Crippen LogP contribution < -0.4 is 5.73 Å². The molecule has 2 saturated heterocycles. The van der Waals surface area contributed by atoms with Crippen molar-refractivity contribution in [2.24, 2.45) is 17.6 Å². The lowest BCUT2D eigenvalue weighted by atomic mass is 9.93. The second-order valence-corrected chi connectivity index (χ2v) is 6.66. The van der Waals surface area contributed by atoms with Crippen LogP contribution in [0.25, 0.3) is 0 Å². The summed E-state index contributed by atoms with van der Waals surface area (Å²) in [5.74, 6) is 1.04. The molecule has 2 aliphatic heterocycles.